The predicted molar refractivity (Wildman–Crippen MR) is 203 cm³/mol. The van der Waals surface area contributed by atoms with Gasteiger partial charge in [-0.1, -0.05) is 114 Å². The highest BCUT2D eigenvalue weighted by Crippen LogP contribution is 2.39. The maximum atomic E-state index is 14.7. The maximum absolute atomic E-state index is 14.7. The van der Waals surface area contributed by atoms with E-state index in [1.165, 1.54) is 0 Å². The van der Waals surface area contributed by atoms with Gasteiger partial charge in [-0.3, -0.25) is 14.9 Å². The minimum Gasteiger partial charge on any atom is -0.489 e. The number of rotatable bonds is 14. The van der Waals surface area contributed by atoms with Gasteiger partial charge in [0.2, 0.25) is 5.91 Å². The van der Waals surface area contributed by atoms with Gasteiger partial charge < -0.3 is 19.7 Å². The van der Waals surface area contributed by atoms with E-state index in [9.17, 15) is 14.4 Å². The Balaban J connectivity index is 1.45. The van der Waals surface area contributed by atoms with Crippen molar-refractivity contribution in [1.29, 1.82) is 0 Å². The number of benzene rings is 4. The molecular formula is C43H51N3O5. The molecular weight excluding hydrogens is 638 g/mol. The highest BCUT2D eigenvalue weighted by Gasteiger charge is 2.37. The molecule has 3 amide bonds. The SMILES string of the molecule is CCCCCC(=O)N1CCc2ccc(OCc3ccccc3)cc2C1C(=O)Nc1c(C(C)C)cc(NC(=O)OCc2ccccc2)cc1C(C)C. The van der Waals surface area contributed by atoms with Crippen molar-refractivity contribution < 1.29 is 23.9 Å². The number of unbranched alkanes of at least 4 members (excludes halogenated alkanes) is 2. The van der Waals surface area contributed by atoms with Crippen LogP contribution in [0, 0.1) is 0 Å². The first-order valence-electron chi connectivity index (χ1n) is 18.2. The summed E-state index contributed by atoms with van der Waals surface area (Å²) in [5.74, 6) is 0.390. The molecule has 0 saturated heterocycles. The van der Waals surface area contributed by atoms with Gasteiger partial charge in [-0.2, -0.15) is 0 Å². The third-order valence-electron chi connectivity index (χ3n) is 9.31. The first-order valence-corrected chi connectivity index (χ1v) is 18.2. The molecule has 1 unspecified atom stereocenters. The zero-order chi connectivity index (χ0) is 36.3. The lowest BCUT2D eigenvalue weighted by atomic mass is 9.89. The molecule has 0 spiro atoms. The topological polar surface area (TPSA) is 97.0 Å². The second-order valence-electron chi connectivity index (χ2n) is 13.8. The van der Waals surface area contributed by atoms with Crippen molar-refractivity contribution in [3.8, 4) is 5.75 Å². The van der Waals surface area contributed by atoms with Crippen molar-refractivity contribution in [2.24, 2.45) is 0 Å². The molecule has 0 fully saturated rings. The third kappa shape index (κ3) is 9.78. The van der Waals surface area contributed by atoms with Gasteiger partial charge in [-0.25, -0.2) is 4.79 Å². The number of hydrogen-bond donors (Lipinski definition) is 2. The first-order chi connectivity index (χ1) is 24.6. The highest BCUT2D eigenvalue weighted by molar-refractivity contribution is 6.00. The molecule has 0 radical (unpaired) electrons. The number of ether oxygens (including phenoxy) is 2. The molecule has 51 heavy (non-hydrogen) atoms. The summed E-state index contributed by atoms with van der Waals surface area (Å²) in [6, 6.07) is 28.3. The van der Waals surface area contributed by atoms with Crippen LogP contribution in [-0.2, 0) is 34.0 Å². The number of hydrogen-bond acceptors (Lipinski definition) is 5. The fraction of sp³-hybridized carbons (Fsp3) is 0.372. The zero-order valence-electron chi connectivity index (χ0n) is 30.5. The Morgan fingerprint density at radius 2 is 1.41 bits per heavy atom. The molecule has 1 atom stereocenters. The number of nitrogens with one attached hydrogen (secondary N) is 2. The van der Waals surface area contributed by atoms with Gasteiger partial charge in [0.25, 0.3) is 5.91 Å². The summed E-state index contributed by atoms with van der Waals surface area (Å²) in [6.07, 6.45) is 3.25. The Kier molecular flexibility index (Phi) is 12.9. The van der Waals surface area contributed by atoms with Crippen LogP contribution < -0.4 is 15.4 Å². The summed E-state index contributed by atoms with van der Waals surface area (Å²) in [7, 11) is 0. The van der Waals surface area contributed by atoms with Crippen LogP contribution in [0.5, 0.6) is 5.75 Å². The molecule has 0 saturated carbocycles. The standard InChI is InChI=1S/C43H51N3O5/c1-6-7-10-19-39(47)46-23-22-33-20-21-35(50-27-31-15-11-8-12-16-31)26-38(33)41(46)42(48)45-40-36(29(2)3)24-34(25-37(40)30(4)5)44-43(49)51-28-32-17-13-9-14-18-32/h8-9,11-18,20-21,24-26,29-30,41H,6-7,10,19,22-23,27-28H2,1-5H3,(H,44,49)(H,45,48). The molecule has 8 nitrogen and oxygen atoms in total. The molecule has 4 aromatic carbocycles. The van der Waals surface area contributed by atoms with Crippen molar-refractivity contribution in [3.05, 3.63) is 124 Å². The van der Waals surface area contributed by atoms with E-state index in [0.717, 1.165) is 52.6 Å². The lowest BCUT2D eigenvalue weighted by molar-refractivity contribution is -0.139. The number of nitrogens with zero attached hydrogens (tertiary/aromatic N) is 1. The van der Waals surface area contributed by atoms with Crippen LogP contribution in [0.15, 0.2) is 91.0 Å². The van der Waals surface area contributed by atoms with Crippen LogP contribution in [0.1, 0.15) is 112 Å². The lowest BCUT2D eigenvalue weighted by Gasteiger charge is -2.37. The van der Waals surface area contributed by atoms with Crippen molar-refractivity contribution in [2.75, 3.05) is 17.2 Å². The van der Waals surface area contributed by atoms with E-state index in [1.807, 2.05) is 91.0 Å². The maximum Gasteiger partial charge on any atom is 0.411 e. The van der Waals surface area contributed by atoms with E-state index >= 15 is 0 Å². The lowest BCUT2D eigenvalue weighted by Crippen LogP contribution is -2.45. The van der Waals surface area contributed by atoms with Crippen molar-refractivity contribution in [1.82, 2.24) is 4.90 Å². The highest BCUT2D eigenvalue weighted by atomic mass is 16.5. The summed E-state index contributed by atoms with van der Waals surface area (Å²) in [5, 5.41) is 6.19. The molecule has 2 N–H and O–H groups in total. The van der Waals surface area contributed by atoms with Gasteiger partial charge >= 0.3 is 6.09 Å². The molecule has 0 aliphatic carbocycles. The van der Waals surface area contributed by atoms with E-state index < -0.39 is 12.1 Å². The number of amides is 3. The Bertz CT molecular complexity index is 1760. The molecule has 4 aromatic rings. The van der Waals surface area contributed by atoms with Crippen LogP contribution in [0.25, 0.3) is 0 Å². The van der Waals surface area contributed by atoms with Crippen LogP contribution in [0.3, 0.4) is 0 Å². The third-order valence-corrected chi connectivity index (χ3v) is 9.31. The normalized spacial score (nSPS) is 13.9. The van der Waals surface area contributed by atoms with Crippen molar-refractivity contribution in [3.63, 3.8) is 0 Å². The van der Waals surface area contributed by atoms with Crippen LogP contribution in [-0.4, -0.2) is 29.4 Å². The molecule has 1 aliphatic rings. The fourth-order valence-electron chi connectivity index (χ4n) is 6.53. The van der Waals surface area contributed by atoms with E-state index in [2.05, 4.69) is 45.3 Å². The minimum absolute atomic E-state index is 0.0169. The summed E-state index contributed by atoms with van der Waals surface area (Å²) < 4.78 is 11.7. The summed E-state index contributed by atoms with van der Waals surface area (Å²) >= 11 is 0. The average molecular weight is 690 g/mol. The smallest absolute Gasteiger partial charge is 0.411 e. The predicted octanol–water partition coefficient (Wildman–Crippen LogP) is 9.91. The molecule has 268 valence electrons. The number of carbonyl (C=O) groups excluding carboxylic acids is 3. The quantitative estimate of drug-likeness (QED) is 0.129. The van der Waals surface area contributed by atoms with Gasteiger partial charge in [0, 0.05) is 24.3 Å². The van der Waals surface area contributed by atoms with E-state index in [0.29, 0.717) is 43.1 Å². The Morgan fingerprint density at radius 3 is 2.02 bits per heavy atom. The molecule has 0 bridgehead atoms. The summed E-state index contributed by atoms with van der Waals surface area (Å²) in [4.78, 5) is 43.0. The molecule has 1 aliphatic heterocycles. The Morgan fingerprint density at radius 1 is 0.784 bits per heavy atom. The summed E-state index contributed by atoms with van der Waals surface area (Å²) in [6.45, 7) is 11.4. The Hall–Kier alpha value is -5.11. The van der Waals surface area contributed by atoms with Gasteiger partial charge in [0.15, 0.2) is 0 Å². The van der Waals surface area contributed by atoms with Gasteiger partial charge in [0.05, 0.1) is 0 Å². The van der Waals surface area contributed by atoms with Crippen LogP contribution >= 0.6 is 0 Å². The second-order valence-corrected chi connectivity index (χ2v) is 13.8. The largest absolute Gasteiger partial charge is 0.489 e. The molecule has 0 aromatic heterocycles. The van der Waals surface area contributed by atoms with E-state index in [-0.39, 0.29) is 30.3 Å². The van der Waals surface area contributed by atoms with Gasteiger partial charge in [0.1, 0.15) is 25.0 Å². The van der Waals surface area contributed by atoms with Crippen LogP contribution in [0.2, 0.25) is 0 Å². The fourth-order valence-corrected chi connectivity index (χ4v) is 6.53. The van der Waals surface area contributed by atoms with Crippen molar-refractivity contribution >= 4 is 29.3 Å². The first kappa shape index (κ1) is 37.2. The molecule has 5 rings (SSSR count). The summed E-state index contributed by atoms with van der Waals surface area (Å²) in [5.41, 5.74) is 6.81. The van der Waals surface area contributed by atoms with Crippen molar-refractivity contribution in [2.45, 2.75) is 97.8 Å². The van der Waals surface area contributed by atoms with Gasteiger partial charge in [-0.05, 0) is 82.3 Å². The number of fused-ring (bicyclic) bond motifs is 1. The number of carbonyl (C=O) groups is 3. The zero-order valence-corrected chi connectivity index (χ0v) is 30.5. The minimum atomic E-state index is -0.825. The molecule has 8 heteroatoms. The Labute approximate surface area is 302 Å². The second kappa shape index (κ2) is 17.7. The van der Waals surface area contributed by atoms with E-state index in [4.69, 9.17) is 9.47 Å². The van der Waals surface area contributed by atoms with Gasteiger partial charge in [-0.15, -0.1) is 0 Å². The van der Waals surface area contributed by atoms with Crippen LogP contribution in [0.4, 0.5) is 16.2 Å². The number of anilines is 2. The monoisotopic (exact) mass is 689 g/mol. The van der Waals surface area contributed by atoms with E-state index in [1.54, 1.807) is 4.90 Å². The molecule has 1 heterocycles. The average Bonchev–Trinajstić information content (AvgIpc) is 3.13.